The van der Waals surface area contributed by atoms with Crippen LogP contribution in [0.25, 0.3) is 0 Å². The second-order valence-corrected chi connectivity index (χ2v) is 8.32. The van der Waals surface area contributed by atoms with Gasteiger partial charge in [-0.2, -0.15) is 0 Å². The number of alkyl halides is 1. The fourth-order valence-corrected chi connectivity index (χ4v) is 4.07. The molecule has 5 nitrogen and oxygen atoms in total. The number of allylic oxidation sites excluding steroid dienone is 2. The van der Waals surface area contributed by atoms with Gasteiger partial charge in [-0.1, -0.05) is 44.8 Å². The monoisotopic (exact) mass is 426 g/mol. The van der Waals surface area contributed by atoms with E-state index >= 15 is 0 Å². The summed E-state index contributed by atoms with van der Waals surface area (Å²) in [6.45, 7) is 3.56. The van der Waals surface area contributed by atoms with Crippen molar-refractivity contribution in [1.82, 2.24) is 0 Å². The minimum atomic E-state index is -1.69. The average molecular weight is 427 g/mol. The van der Waals surface area contributed by atoms with Crippen LogP contribution in [-0.2, 0) is 19.1 Å². The van der Waals surface area contributed by atoms with Gasteiger partial charge in [0.05, 0.1) is 13.3 Å². The number of rotatable bonds is 16. The number of carbonyl (C=O) groups is 3. The number of esters is 1. The summed E-state index contributed by atoms with van der Waals surface area (Å²) < 4.78 is 17.7. The molecule has 0 heterocycles. The molecule has 0 radical (unpaired) electrons. The SMILES string of the molecule is CCCC[C@H](CF)CC=C[C@H]1CCC(=O)[C@@H]1CCCCCC(=O)C(O)C(=O)OCC. The first-order valence-electron chi connectivity index (χ1n) is 11.6. The van der Waals surface area contributed by atoms with Crippen molar-refractivity contribution in [3.63, 3.8) is 0 Å². The van der Waals surface area contributed by atoms with Crippen molar-refractivity contribution in [1.29, 1.82) is 0 Å². The fourth-order valence-electron chi connectivity index (χ4n) is 4.07. The molecule has 1 aliphatic carbocycles. The summed E-state index contributed by atoms with van der Waals surface area (Å²) in [6.07, 6.45) is 10.8. The highest BCUT2D eigenvalue weighted by atomic mass is 19.1. The molecule has 1 saturated carbocycles. The fraction of sp³-hybridized carbons (Fsp3) is 0.792. The summed E-state index contributed by atoms with van der Waals surface area (Å²) in [7, 11) is 0. The average Bonchev–Trinajstić information content (AvgIpc) is 3.09. The Morgan fingerprint density at radius 2 is 2.00 bits per heavy atom. The molecule has 30 heavy (non-hydrogen) atoms. The van der Waals surface area contributed by atoms with E-state index in [1.165, 1.54) is 0 Å². The number of ether oxygens (including phenoxy) is 1. The van der Waals surface area contributed by atoms with Crippen molar-refractivity contribution in [2.24, 2.45) is 17.8 Å². The summed E-state index contributed by atoms with van der Waals surface area (Å²) in [5.41, 5.74) is 0. The number of Topliss-reactive ketones (excluding diaryl/α,β-unsaturated/α-hetero) is 2. The van der Waals surface area contributed by atoms with Gasteiger partial charge in [-0.15, -0.1) is 0 Å². The van der Waals surface area contributed by atoms with E-state index in [2.05, 4.69) is 23.8 Å². The number of hydrogen-bond donors (Lipinski definition) is 1. The van der Waals surface area contributed by atoms with Crippen LogP contribution in [0.15, 0.2) is 12.2 Å². The topological polar surface area (TPSA) is 80.7 Å². The maximum Gasteiger partial charge on any atom is 0.342 e. The summed E-state index contributed by atoms with van der Waals surface area (Å²) in [6, 6.07) is 0. The second-order valence-electron chi connectivity index (χ2n) is 8.32. The quantitative estimate of drug-likeness (QED) is 0.167. The summed E-state index contributed by atoms with van der Waals surface area (Å²) >= 11 is 0. The highest BCUT2D eigenvalue weighted by Crippen LogP contribution is 2.34. The zero-order valence-electron chi connectivity index (χ0n) is 18.6. The maximum atomic E-state index is 13.1. The predicted molar refractivity (Wildman–Crippen MR) is 115 cm³/mol. The van der Waals surface area contributed by atoms with Crippen molar-refractivity contribution in [2.75, 3.05) is 13.3 Å². The van der Waals surface area contributed by atoms with Crippen molar-refractivity contribution in [3.8, 4) is 0 Å². The van der Waals surface area contributed by atoms with Crippen LogP contribution in [0.2, 0.25) is 0 Å². The molecule has 0 aromatic carbocycles. The minimum absolute atomic E-state index is 0.0153. The third-order valence-corrected chi connectivity index (χ3v) is 5.94. The smallest absolute Gasteiger partial charge is 0.342 e. The van der Waals surface area contributed by atoms with Gasteiger partial charge >= 0.3 is 5.97 Å². The number of hydrogen-bond acceptors (Lipinski definition) is 5. The van der Waals surface area contributed by atoms with Crippen LogP contribution in [-0.4, -0.2) is 42.0 Å². The van der Waals surface area contributed by atoms with Gasteiger partial charge in [-0.05, 0) is 50.9 Å². The molecular weight excluding hydrogens is 387 g/mol. The van der Waals surface area contributed by atoms with Gasteiger partial charge in [-0.3, -0.25) is 14.0 Å². The van der Waals surface area contributed by atoms with E-state index < -0.39 is 17.9 Å². The Kier molecular flexibility index (Phi) is 13.5. The molecule has 172 valence electrons. The maximum absolute atomic E-state index is 13.1. The number of ketones is 2. The highest BCUT2D eigenvalue weighted by Gasteiger charge is 2.32. The van der Waals surface area contributed by atoms with Crippen molar-refractivity contribution < 1.29 is 28.6 Å². The minimum Gasteiger partial charge on any atom is -0.464 e. The van der Waals surface area contributed by atoms with Gasteiger partial charge in [0.2, 0.25) is 6.10 Å². The van der Waals surface area contributed by atoms with Gasteiger partial charge < -0.3 is 9.84 Å². The van der Waals surface area contributed by atoms with Crippen LogP contribution in [0.5, 0.6) is 0 Å². The summed E-state index contributed by atoms with van der Waals surface area (Å²) in [4.78, 5) is 35.4. The normalized spacial score (nSPS) is 21.1. The number of halogens is 1. The first-order valence-corrected chi connectivity index (χ1v) is 11.6. The third kappa shape index (κ3) is 9.50. The molecule has 0 bridgehead atoms. The molecule has 1 N–H and O–H groups in total. The molecule has 0 aliphatic heterocycles. The largest absolute Gasteiger partial charge is 0.464 e. The molecule has 0 amide bonds. The molecule has 6 heteroatoms. The van der Waals surface area contributed by atoms with Crippen molar-refractivity contribution in [2.45, 2.75) is 90.6 Å². The van der Waals surface area contributed by atoms with E-state index in [0.717, 1.165) is 51.4 Å². The standard InChI is InChI=1S/C24H39FO5/c1-3-5-10-18(17-25)11-9-12-19-15-16-21(26)20(19)13-7-6-8-14-22(27)23(28)24(29)30-4-2/h9,12,18-20,23,28H,3-8,10-11,13-17H2,1-2H3/t18-,19-,20+,23?/m0/s1. The van der Waals surface area contributed by atoms with E-state index in [1.807, 2.05) is 0 Å². The first-order chi connectivity index (χ1) is 14.4. The number of aliphatic hydroxyl groups is 1. The Morgan fingerprint density at radius 3 is 2.67 bits per heavy atom. The van der Waals surface area contributed by atoms with Gasteiger partial charge in [0, 0.05) is 18.8 Å². The molecule has 1 aliphatic rings. The highest BCUT2D eigenvalue weighted by molar-refractivity contribution is 6.01. The Morgan fingerprint density at radius 1 is 1.23 bits per heavy atom. The van der Waals surface area contributed by atoms with E-state index in [4.69, 9.17) is 0 Å². The molecule has 0 aromatic heterocycles. The van der Waals surface area contributed by atoms with E-state index in [-0.39, 0.29) is 37.5 Å². The van der Waals surface area contributed by atoms with Gasteiger partial charge in [0.25, 0.3) is 0 Å². The van der Waals surface area contributed by atoms with Crippen molar-refractivity contribution in [3.05, 3.63) is 12.2 Å². The van der Waals surface area contributed by atoms with Crippen LogP contribution >= 0.6 is 0 Å². The van der Waals surface area contributed by atoms with E-state index in [0.29, 0.717) is 18.6 Å². The van der Waals surface area contributed by atoms with E-state index in [1.54, 1.807) is 6.92 Å². The number of carbonyl (C=O) groups excluding carboxylic acids is 3. The van der Waals surface area contributed by atoms with Gasteiger partial charge in [0.15, 0.2) is 5.78 Å². The molecule has 1 unspecified atom stereocenters. The van der Waals surface area contributed by atoms with Gasteiger partial charge in [-0.25, -0.2) is 4.79 Å². The third-order valence-electron chi connectivity index (χ3n) is 5.94. The van der Waals surface area contributed by atoms with Gasteiger partial charge in [0.1, 0.15) is 5.78 Å². The first kappa shape index (κ1) is 26.5. The lowest BCUT2D eigenvalue weighted by Gasteiger charge is -2.15. The van der Waals surface area contributed by atoms with Crippen LogP contribution in [0.3, 0.4) is 0 Å². The van der Waals surface area contributed by atoms with Crippen LogP contribution in [0.4, 0.5) is 4.39 Å². The van der Waals surface area contributed by atoms with E-state index in [9.17, 15) is 23.9 Å². The number of aliphatic hydroxyl groups excluding tert-OH is 1. The molecule has 0 saturated heterocycles. The Bertz CT molecular complexity index is 560. The molecule has 4 atom stereocenters. The zero-order chi connectivity index (χ0) is 22.4. The predicted octanol–water partition coefficient (Wildman–Crippen LogP) is 4.75. The van der Waals surface area contributed by atoms with Crippen molar-refractivity contribution >= 4 is 17.5 Å². The molecule has 1 rings (SSSR count). The molecule has 1 fully saturated rings. The molecule has 0 aromatic rings. The lowest BCUT2D eigenvalue weighted by molar-refractivity contribution is -0.157. The zero-order valence-corrected chi connectivity index (χ0v) is 18.6. The Balaban J connectivity index is 2.33. The summed E-state index contributed by atoms with van der Waals surface area (Å²) in [5, 5.41) is 9.60. The second kappa shape index (κ2) is 15.3. The molecular formula is C24H39FO5. The lowest BCUT2D eigenvalue weighted by atomic mass is 9.89. The Hall–Kier alpha value is -1.56. The number of unbranched alkanes of at least 4 members (excludes halogenated alkanes) is 3. The molecule has 0 spiro atoms. The van der Waals surface area contributed by atoms with Crippen LogP contribution in [0.1, 0.15) is 84.5 Å². The van der Waals surface area contributed by atoms with Crippen LogP contribution < -0.4 is 0 Å². The van der Waals surface area contributed by atoms with Crippen LogP contribution in [0, 0.1) is 17.8 Å². The lowest BCUT2D eigenvalue weighted by Crippen LogP contribution is -2.31. The summed E-state index contributed by atoms with van der Waals surface area (Å²) in [5.74, 6) is -0.779. The Labute approximate surface area is 180 Å².